The van der Waals surface area contributed by atoms with E-state index in [1.54, 1.807) is 37.5 Å². The number of nitrogens with zero attached hydrogens (tertiary/aromatic N) is 3. The Kier molecular flexibility index (Phi) is 6.96. The molecule has 2 heterocycles. The molecular formula is C20H23F4N5O. The van der Waals surface area contributed by atoms with Gasteiger partial charge in [-0.15, -0.1) is 0 Å². The summed E-state index contributed by atoms with van der Waals surface area (Å²) in [7, 11) is 1.60. The number of benzene rings is 1. The molecule has 1 aromatic heterocycles. The van der Waals surface area contributed by atoms with E-state index in [0.717, 1.165) is 6.42 Å². The van der Waals surface area contributed by atoms with Crippen LogP contribution in [0, 0.1) is 5.82 Å². The number of nitrogens with one attached hydrogen (secondary N) is 2. The highest BCUT2D eigenvalue weighted by atomic mass is 19.4. The summed E-state index contributed by atoms with van der Waals surface area (Å²) in [5, 5.41) is 6.34. The highest BCUT2D eigenvalue weighted by Gasteiger charge is 2.29. The summed E-state index contributed by atoms with van der Waals surface area (Å²) < 4.78 is 56.2. The van der Waals surface area contributed by atoms with Crippen LogP contribution in [0.1, 0.15) is 12.0 Å². The molecule has 0 radical (unpaired) electrons. The minimum atomic E-state index is -4.40. The number of anilines is 1. The molecule has 0 bridgehead atoms. The predicted octanol–water partition coefficient (Wildman–Crippen LogP) is 3.11. The highest BCUT2D eigenvalue weighted by Crippen LogP contribution is 2.23. The SMILES string of the molecule is CN=C(NCc1ccccc1OCC(F)(F)F)NC1CCN(c2ncccc2F)C1. The van der Waals surface area contributed by atoms with E-state index < -0.39 is 12.8 Å². The molecule has 1 unspecified atom stereocenters. The lowest BCUT2D eigenvalue weighted by molar-refractivity contribution is -0.153. The molecule has 1 aliphatic rings. The maximum absolute atomic E-state index is 13.9. The van der Waals surface area contributed by atoms with E-state index in [4.69, 9.17) is 4.74 Å². The Hall–Kier alpha value is -3.04. The van der Waals surface area contributed by atoms with Crippen molar-refractivity contribution in [3.8, 4) is 5.75 Å². The fourth-order valence-corrected chi connectivity index (χ4v) is 3.20. The van der Waals surface area contributed by atoms with Crippen LogP contribution in [0.3, 0.4) is 0 Å². The van der Waals surface area contributed by atoms with E-state index in [1.165, 1.54) is 12.1 Å². The van der Waals surface area contributed by atoms with Gasteiger partial charge in [-0.05, 0) is 24.6 Å². The average molecular weight is 425 g/mol. The third-order valence-electron chi connectivity index (χ3n) is 4.60. The van der Waals surface area contributed by atoms with Gasteiger partial charge in [0.05, 0.1) is 0 Å². The molecule has 1 aromatic carbocycles. The number of aromatic nitrogens is 1. The molecule has 1 atom stereocenters. The van der Waals surface area contributed by atoms with E-state index in [1.807, 2.05) is 4.90 Å². The first-order valence-corrected chi connectivity index (χ1v) is 9.46. The van der Waals surface area contributed by atoms with Gasteiger partial charge in [0.25, 0.3) is 0 Å². The number of para-hydroxylation sites is 1. The Labute approximate surface area is 172 Å². The summed E-state index contributed by atoms with van der Waals surface area (Å²) in [4.78, 5) is 10.1. The third-order valence-corrected chi connectivity index (χ3v) is 4.60. The van der Waals surface area contributed by atoms with Crippen molar-refractivity contribution < 1.29 is 22.3 Å². The number of guanidine groups is 1. The van der Waals surface area contributed by atoms with Crippen LogP contribution in [0.25, 0.3) is 0 Å². The number of hydrogen-bond acceptors (Lipinski definition) is 4. The Morgan fingerprint density at radius 2 is 2.07 bits per heavy atom. The lowest BCUT2D eigenvalue weighted by Crippen LogP contribution is -2.44. The second-order valence-electron chi connectivity index (χ2n) is 6.82. The smallest absolute Gasteiger partial charge is 0.422 e. The van der Waals surface area contributed by atoms with Crippen molar-refractivity contribution in [3.05, 3.63) is 54.0 Å². The molecule has 3 rings (SSSR count). The van der Waals surface area contributed by atoms with Crippen LogP contribution in [0.4, 0.5) is 23.4 Å². The summed E-state index contributed by atoms with van der Waals surface area (Å²) >= 11 is 0. The van der Waals surface area contributed by atoms with Crippen molar-refractivity contribution in [3.63, 3.8) is 0 Å². The van der Waals surface area contributed by atoms with Gasteiger partial charge in [-0.3, -0.25) is 4.99 Å². The molecule has 0 amide bonds. The number of hydrogen-bond donors (Lipinski definition) is 2. The molecule has 30 heavy (non-hydrogen) atoms. The molecule has 0 saturated carbocycles. The molecular weight excluding hydrogens is 402 g/mol. The summed E-state index contributed by atoms with van der Waals surface area (Å²) in [5.41, 5.74) is 0.577. The van der Waals surface area contributed by atoms with Crippen LogP contribution in [-0.4, -0.2) is 49.9 Å². The van der Waals surface area contributed by atoms with Gasteiger partial charge in [-0.2, -0.15) is 13.2 Å². The number of rotatable bonds is 6. The molecule has 2 aromatic rings. The van der Waals surface area contributed by atoms with Crippen molar-refractivity contribution in [2.45, 2.75) is 25.2 Å². The Morgan fingerprint density at radius 1 is 1.27 bits per heavy atom. The summed E-state index contributed by atoms with van der Waals surface area (Å²) in [6.07, 6.45) is -2.08. The lowest BCUT2D eigenvalue weighted by atomic mass is 10.2. The van der Waals surface area contributed by atoms with Crippen LogP contribution in [-0.2, 0) is 6.54 Å². The first-order chi connectivity index (χ1) is 14.4. The second kappa shape index (κ2) is 9.64. The van der Waals surface area contributed by atoms with Crippen LogP contribution >= 0.6 is 0 Å². The van der Waals surface area contributed by atoms with Gasteiger partial charge >= 0.3 is 6.18 Å². The monoisotopic (exact) mass is 425 g/mol. The number of alkyl halides is 3. The Balaban J connectivity index is 1.54. The van der Waals surface area contributed by atoms with Crippen molar-refractivity contribution >= 4 is 11.8 Å². The zero-order chi connectivity index (χ0) is 21.6. The zero-order valence-electron chi connectivity index (χ0n) is 16.4. The predicted molar refractivity (Wildman–Crippen MR) is 106 cm³/mol. The Bertz CT molecular complexity index is 874. The molecule has 1 fully saturated rings. The van der Waals surface area contributed by atoms with E-state index in [0.29, 0.717) is 30.4 Å². The van der Waals surface area contributed by atoms with Gasteiger partial charge in [0.15, 0.2) is 24.2 Å². The maximum Gasteiger partial charge on any atom is 0.422 e. The van der Waals surface area contributed by atoms with Crippen LogP contribution in [0.5, 0.6) is 5.75 Å². The van der Waals surface area contributed by atoms with E-state index >= 15 is 0 Å². The van der Waals surface area contributed by atoms with Crippen molar-refractivity contribution in [1.82, 2.24) is 15.6 Å². The zero-order valence-corrected chi connectivity index (χ0v) is 16.4. The summed E-state index contributed by atoms with van der Waals surface area (Å²) in [6, 6.07) is 9.47. The highest BCUT2D eigenvalue weighted by molar-refractivity contribution is 5.80. The molecule has 10 heteroatoms. The van der Waals surface area contributed by atoms with Gasteiger partial charge in [0.1, 0.15) is 5.75 Å². The Morgan fingerprint density at radius 3 is 2.80 bits per heavy atom. The van der Waals surface area contributed by atoms with E-state index in [9.17, 15) is 17.6 Å². The van der Waals surface area contributed by atoms with Gasteiger partial charge < -0.3 is 20.3 Å². The standard InChI is InChI=1S/C20H23F4N5O/c1-25-19(27-11-14-5-2-3-7-17(14)30-13-20(22,23)24)28-15-8-10-29(12-15)18-16(21)6-4-9-26-18/h2-7,9,15H,8,10-13H2,1H3,(H2,25,27,28). The van der Waals surface area contributed by atoms with Crippen molar-refractivity contribution in [1.29, 1.82) is 0 Å². The van der Waals surface area contributed by atoms with Crippen molar-refractivity contribution in [2.24, 2.45) is 4.99 Å². The third kappa shape index (κ3) is 5.98. The van der Waals surface area contributed by atoms with Crippen LogP contribution < -0.4 is 20.3 Å². The molecule has 6 nitrogen and oxygen atoms in total. The largest absolute Gasteiger partial charge is 0.484 e. The van der Waals surface area contributed by atoms with Crippen LogP contribution in [0.15, 0.2) is 47.6 Å². The van der Waals surface area contributed by atoms with Gasteiger partial charge in [0, 0.05) is 44.5 Å². The molecule has 1 saturated heterocycles. The topological polar surface area (TPSA) is 61.8 Å². The normalized spacial score (nSPS) is 17.2. The molecule has 1 aliphatic heterocycles. The quantitative estimate of drug-likeness (QED) is 0.423. The van der Waals surface area contributed by atoms with Crippen LogP contribution in [0.2, 0.25) is 0 Å². The first kappa shape index (κ1) is 21.7. The maximum atomic E-state index is 13.9. The summed E-state index contributed by atoms with van der Waals surface area (Å²) in [5.74, 6) is 0.612. The fourth-order valence-electron chi connectivity index (χ4n) is 3.20. The molecule has 162 valence electrons. The van der Waals surface area contributed by atoms with E-state index in [-0.39, 0.29) is 24.2 Å². The minimum Gasteiger partial charge on any atom is -0.484 e. The second-order valence-corrected chi connectivity index (χ2v) is 6.82. The van der Waals surface area contributed by atoms with Gasteiger partial charge in [-0.1, -0.05) is 18.2 Å². The number of aliphatic imine (C=N–C) groups is 1. The van der Waals surface area contributed by atoms with Crippen molar-refractivity contribution in [2.75, 3.05) is 31.6 Å². The minimum absolute atomic E-state index is 0.0225. The average Bonchev–Trinajstić information content (AvgIpc) is 3.18. The first-order valence-electron chi connectivity index (χ1n) is 9.46. The number of ether oxygens (including phenoxy) is 1. The fraction of sp³-hybridized carbons (Fsp3) is 0.400. The molecule has 2 N–H and O–H groups in total. The van der Waals surface area contributed by atoms with E-state index in [2.05, 4.69) is 20.6 Å². The molecule has 0 aliphatic carbocycles. The molecule has 0 spiro atoms. The number of halogens is 4. The summed E-state index contributed by atoms with van der Waals surface area (Å²) in [6.45, 7) is 0.0919. The van der Waals surface area contributed by atoms with Gasteiger partial charge in [0.2, 0.25) is 0 Å². The lowest BCUT2D eigenvalue weighted by Gasteiger charge is -2.20. The van der Waals surface area contributed by atoms with Gasteiger partial charge in [-0.25, -0.2) is 9.37 Å². The number of pyridine rings is 1.